The van der Waals surface area contributed by atoms with Crippen LogP contribution in [0.5, 0.6) is 0 Å². The number of carbonyl (C=O) groups excluding carboxylic acids is 1. The summed E-state index contributed by atoms with van der Waals surface area (Å²) in [7, 11) is 0. The van der Waals surface area contributed by atoms with Crippen LogP contribution in [0.2, 0.25) is 0 Å². The number of amides is 1. The van der Waals surface area contributed by atoms with Crippen LogP contribution < -0.4 is 5.32 Å². The lowest BCUT2D eigenvalue weighted by Gasteiger charge is -2.36. The lowest BCUT2D eigenvalue weighted by molar-refractivity contribution is -0.166. The molecule has 0 unspecified atom stereocenters. The number of hydrogen-bond donors (Lipinski definition) is 2. The molecule has 3 aromatic rings. The molecule has 0 spiro atoms. The Bertz CT molecular complexity index is 1060. The van der Waals surface area contributed by atoms with Crippen LogP contribution in [0.25, 0.3) is 10.1 Å². The maximum Gasteiger partial charge on any atom is 0.286 e. The van der Waals surface area contributed by atoms with E-state index in [2.05, 4.69) is 22.8 Å². The lowest BCUT2D eigenvalue weighted by Crippen LogP contribution is -2.38. The van der Waals surface area contributed by atoms with Crippen molar-refractivity contribution in [3.8, 4) is 0 Å². The standard InChI is InChI=1S/C26H29NO4S/c1-2-30-26-20(12-8-14-28)21(22-17-32-24-13-7-6-11-19(22)24)15-23(31-26)25(29)27-16-18-9-4-3-5-10-18/h3-7,9-11,13,15,17,20-21,26,28H,2,8,12,14,16H2,1H3,(H,27,29)/t20-,21-,26+/m0/s1. The first-order chi connectivity index (χ1) is 15.7. The fraction of sp³-hybridized carbons (Fsp3) is 0.346. The zero-order valence-corrected chi connectivity index (χ0v) is 19.0. The van der Waals surface area contributed by atoms with E-state index < -0.39 is 6.29 Å². The second kappa shape index (κ2) is 10.8. The predicted octanol–water partition coefficient (Wildman–Crippen LogP) is 4.97. The smallest absolute Gasteiger partial charge is 0.286 e. The van der Waals surface area contributed by atoms with E-state index in [0.717, 1.165) is 12.0 Å². The van der Waals surface area contributed by atoms with Crippen molar-refractivity contribution in [1.29, 1.82) is 0 Å². The lowest BCUT2D eigenvalue weighted by atomic mass is 9.80. The van der Waals surface area contributed by atoms with E-state index in [4.69, 9.17) is 9.47 Å². The van der Waals surface area contributed by atoms with E-state index in [0.29, 0.717) is 25.3 Å². The third-order valence-corrected chi connectivity index (χ3v) is 6.78. The number of rotatable bonds is 9. The molecule has 0 saturated carbocycles. The number of ether oxygens (including phenoxy) is 2. The highest BCUT2D eigenvalue weighted by molar-refractivity contribution is 7.17. The first-order valence-electron chi connectivity index (χ1n) is 11.1. The molecule has 1 aromatic heterocycles. The van der Waals surface area contributed by atoms with E-state index >= 15 is 0 Å². The molecule has 3 atom stereocenters. The maximum atomic E-state index is 13.0. The highest BCUT2D eigenvalue weighted by atomic mass is 32.1. The van der Waals surface area contributed by atoms with Gasteiger partial charge in [-0.25, -0.2) is 0 Å². The summed E-state index contributed by atoms with van der Waals surface area (Å²) in [5, 5.41) is 15.8. The molecule has 0 radical (unpaired) electrons. The number of benzene rings is 2. The molecule has 6 heteroatoms. The van der Waals surface area contributed by atoms with Crippen molar-refractivity contribution in [3.05, 3.63) is 82.9 Å². The van der Waals surface area contributed by atoms with E-state index in [1.54, 1.807) is 11.3 Å². The van der Waals surface area contributed by atoms with Gasteiger partial charge in [-0.1, -0.05) is 48.5 Å². The summed E-state index contributed by atoms with van der Waals surface area (Å²) < 4.78 is 13.2. The van der Waals surface area contributed by atoms with Crippen molar-refractivity contribution in [2.75, 3.05) is 13.2 Å². The molecule has 168 valence electrons. The van der Waals surface area contributed by atoms with Gasteiger partial charge in [0.05, 0.1) is 0 Å². The Morgan fingerprint density at radius 2 is 1.94 bits per heavy atom. The average molecular weight is 452 g/mol. The summed E-state index contributed by atoms with van der Waals surface area (Å²) in [5.74, 6) is 0.00913. The van der Waals surface area contributed by atoms with E-state index in [-0.39, 0.29) is 24.3 Å². The van der Waals surface area contributed by atoms with Gasteiger partial charge in [0.2, 0.25) is 6.29 Å². The number of aliphatic hydroxyl groups excluding tert-OH is 1. The monoisotopic (exact) mass is 451 g/mol. The summed E-state index contributed by atoms with van der Waals surface area (Å²) in [5.41, 5.74) is 2.20. The minimum atomic E-state index is -0.544. The molecule has 2 aromatic carbocycles. The van der Waals surface area contributed by atoms with E-state index in [9.17, 15) is 9.90 Å². The van der Waals surface area contributed by atoms with Crippen LogP contribution in [-0.4, -0.2) is 30.5 Å². The Morgan fingerprint density at radius 1 is 1.16 bits per heavy atom. The predicted molar refractivity (Wildman–Crippen MR) is 127 cm³/mol. The molecule has 0 bridgehead atoms. The highest BCUT2D eigenvalue weighted by Crippen LogP contribution is 2.43. The highest BCUT2D eigenvalue weighted by Gasteiger charge is 2.38. The van der Waals surface area contributed by atoms with Crippen LogP contribution in [-0.2, 0) is 20.8 Å². The van der Waals surface area contributed by atoms with Crippen LogP contribution in [0.15, 0.2) is 71.8 Å². The van der Waals surface area contributed by atoms with Crippen LogP contribution in [0, 0.1) is 5.92 Å². The van der Waals surface area contributed by atoms with E-state index in [1.807, 2.05) is 55.5 Å². The molecule has 0 aliphatic carbocycles. The summed E-state index contributed by atoms with van der Waals surface area (Å²) in [6.07, 6.45) is 2.79. The third-order valence-electron chi connectivity index (χ3n) is 5.80. The fourth-order valence-corrected chi connectivity index (χ4v) is 5.25. The number of thiophene rings is 1. The second-order valence-electron chi connectivity index (χ2n) is 7.88. The minimum Gasteiger partial charge on any atom is -0.459 e. The van der Waals surface area contributed by atoms with E-state index in [1.165, 1.54) is 15.6 Å². The second-order valence-corrected chi connectivity index (χ2v) is 8.79. The fourth-order valence-electron chi connectivity index (χ4n) is 4.24. The van der Waals surface area contributed by atoms with Gasteiger partial charge in [0.15, 0.2) is 5.76 Å². The topological polar surface area (TPSA) is 67.8 Å². The maximum absolute atomic E-state index is 13.0. The molecule has 4 rings (SSSR count). The van der Waals surface area contributed by atoms with Crippen molar-refractivity contribution in [2.45, 2.75) is 38.5 Å². The van der Waals surface area contributed by atoms with Gasteiger partial charge in [0.25, 0.3) is 5.91 Å². The first kappa shape index (κ1) is 22.5. The average Bonchev–Trinajstić information content (AvgIpc) is 3.26. The zero-order chi connectivity index (χ0) is 22.3. The Hall–Kier alpha value is -2.67. The Balaban J connectivity index is 1.65. The summed E-state index contributed by atoms with van der Waals surface area (Å²) in [4.78, 5) is 13.0. The van der Waals surface area contributed by atoms with Gasteiger partial charge in [0.1, 0.15) is 0 Å². The summed E-state index contributed by atoms with van der Waals surface area (Å²) in [6.45, 7) is 2.95. The number of allylic oxidation sites excluding steroid dienone is 1. The Kier molecular flexibility index (Phi) is 7.58. The Morgan fingerprint density at radius 3 is 2.72 bits per heavy atom. The number of fused-ring (bicyclic) bond motifs is 1. The summed E-state index contributed by atoms with van der Waals surface area (Å²) in [6, 6.07) is 18.1. The molecule has 0 fully saturated rings. The van der Waals surface area contributed by atoms with Crippen LogP contribution in [0.1, 0.15) is 36.8 Å². The SMILES string of the molecule is CCO[C@@H]1OC(C(=O)NCc2ccccc2)=C[C@H](c2csc3ccccc23)[C@@H]1CCCO. The van der Waals surface area contributed by atoms with Gasteiger partial charge in [-0.05, 0) is 53.8 Å². The molecule has 5 nitrogen and oxygen atoms in total. The number of carbonyl (C=O) groups is 1. The molecule has 0 saturated heterocycles. The van der Waals surface area contributed by atoms with Crippen molar-refractivity contribution in [2.24, 2.45) is 5.92 Å². The van der Waals surface area contributed by atoms with Gasteiger partial charge in [-0.2, -0.15) is 0 Å². The van der Waals surface area contributed by atoms with Gasteiger partial charge < -0.3 is 19.9 Å². The largest absolute Gasteiger partial charge is 0.459 e. The van der Waals surface area contributed by atoms with Crippen LogP contribution in [0.4, 0.5) is 0 Å². The molecular weight excluding hydrogens is 422 g/mol. The molecule has 32 heavy (non-hydrogen) atoms. The quantitative estimate of drug-likeness (QED) is 0.482. The molecular formula is C26H29NO4S. The zero-order valence-electron chi connectivity index (χ0n) is 18.2. The number of hydrogen-bond acceptors (Lipinski definition) is 5. The van der Waals surface area contributed by atoms with Gasteiger partial charge in [-0.3, -0.25) is 4.79 Å². The van der Waals surface area contributed by atoms with Crippen molar-refractivity contribution >= 4 is 27.3 Å². The molecule has 1 aliphatic rings. The first-order valence-corrected chi connectivity index (χ1v) is 12.0. The Labute approximate surface area is 192 Å². The van der Waals surface area contributed by atoms with Crippen molar-refractivity contribution < 1.29 is 19.4 Å². The molecule has 1 amide bonds. The summed E-state index contributed by atoms with van der Waals surface area (Å²) >= 11 is 1.70. The van der Waals surface area contributed by atoms with Crippen molar-refractivity contribution in [1.82, 2.24) is 5.32 Å². The number of aliphatic hydroxyl groups is 1. The van der Waals surface area contributed by atoms with Gasteiger partial charge in [-0.15, -0.1) is 11.3 Å². The molecule has 2 N–H and O–H groups in total. The minimum absolute atomic E-state index is 0.00535. The van der Waals surface area contributed by atoms with Gasteiger partial charge >= 0.3 is 0 Å². The number of nitrogens with one attached hydrogen (secondary N) is 1. The normalized spacial score (nSPS) is 20.6. The van der Waals surface area contributed by atoms with Crippen molar-refractivity contribution in [3.63, 3.8) is 0 Å². The van der Waals surface area contributed by atoms with Crippen LogP contribution in [0.3, 0.4) is 0 Å². The van der Waals surface area contributed by atoms with Crippen LogP contribution >= 0.6 is 11.3 Å². The molecule has 2 heterocycles. The third kappa shape index (κ3) is 5.04. The van der Waals surface area contributed by atoms with Gasteiger partial charge in [0, 0.05) is 36.3 Å². The molecule has 1 aliphatic heterocycles.